The predicted molar refractivity (Wildman–Crippen MR) is 71.7 cm³/mol. The first-order valence-corrected chi connectivity index (χ1v) is 7.14. The number of amides is 1. The van der Waals surface area contributed by atoms with Gasteiger partial charge >= 0.3 is 0 Å². The fraction of sp³-hybridized carbons (Fsp3) is 0.929. The first-order valence-electron chi connectivity index (χ1n) is 7.14. The zero-order chi connectivity index (χ0) is 12.7. The molecule has 1 aliphatic carbocycles. The molecular formula is C14H28N2O. The Morgan fingerprint density at radius 3 is 2.53 bits per heavy atom. The second kappa shape index (κ2) is 7.70. The summed E-state index contributed by atoms with van der Waals surface area (Å²) < 4.78 is 0. The van der Waals surface area contributed by atoms with Crippen LogP contribution >= 0.6 is 0 Å². The van der Waals surface area contributed by atoms with E-state index in [1.165, 1.54) is 32.1 Å². The summed E-state index contributed by atoms with van der Waals surface area (Å²) in [5.41, 5.74) is 5.68. The Morgan fingerprint density at radius 2 is 2.00 bits per heavy atom. The number of hydrogen-bond acceptors (Lipinski definition) is 2. The first kappa shape index (κ1) is 14.5. The second-order valence-corrected chi connectivity index (χ2v) is 5.44. The Labute approximate surface area is 106 Å². The summed E-state index contributed by atoms with van der Waals surface area (Å²) in [5, 5.41) is 0. The second-order valence-electron chi connectivity index (χ2n) is 5.44. The minimum Gasteiger partial charge on any atom is -0.345 e. The molecule has 0 aliphatic heterocycles. The highest BCUT2D eigenvalue weighted by atomic mass is 16.2. The van der Waals surface area contributed by atoms with Gasteiger partial charge in [0.1, 0.15) is 0 Å². The summed E-state index contributed by atoms with van der Waals surface area (Å²) in [6, 6.07) is 0. The van der Waals surface area contributed by atoms with Crippen molar-refractivity contribution in [3.05, 3.63) is 0 Å². The van der Waals surface area contributed by atoms with E-state index >= 15 is 0 Å². The molecule has 1 atom stereocenters. The maximum Gasteiger partial charge on any atom is 0.226 e. The van der Waals surface area contributed by atoms with Crippen LogP contribution in [-0.2, 0) is 4.79 Å². The van der Waals surface area contributed by atoms with E-state index in [-0.39, 0.29) is 11.8 Å². The molecule has 0 aromatic rings. The molecule has 0 bridgehead atoms. The Balaban J connectivity index is 2.38. The standard InChI is InChI=1S/C14H28N2O/c1-3-7-13(10-15)14(17)16(2)11-12-8-5-4-6-9-12/h12-13H,3-11,15H2,1-2H3. The van der Waals surface area contributed by atoms with E-state index in [1.807, 2.05) is 11.9 Å². The highest BCUT2D eigenvalue weighted by Crippen LogP contribution is 2.24. The molecule has 0 aromatic heterocycles. The van der Waals surface area contributed by atoms with Crippen LogP contribution in [0.2, 0.25) is 0 Å². The van der Waals surface area contributed by atoms with E-state index in [4.69, 9.17) is 5.73 Å². The molecule has 3 heteroatoms. The fourth-order valence-corrected chi connectivity index (χ4v) is 2.85. The lowest BCUT2D eigenvalue weighted by molar-refractivity contribution is -0.134. The third-order valence-electron chi connectivity index (χ3n) is 3.90. The molecule has 0 radical (unpaired) electrons. The van der Waals surface area contributed by atoms with E-state index in [9.17, 15) is 4.79 Å². The molecule has 1 rings (SSSR count). The van der Waals surface area contributed by atoms with Crippen LogP contribution in [0.1, 0.15) is 51.9 Å². The maximum absolute atomic E-state index is 12.2. The molecule has 100 valence electrons. The Hall–Kier alpha value is -0.570. The first-order chi connectivity index (χ1) is 8.19. The molecule has 2 N–H and O–H groups in total. The maximum atomic E-state index is 12.2. The number of rotatable bonds is 6. The van der Waals surface area contributed by atoms with Gasteiger partial charge in [-0.2, -0.15) is 0 Å². The number of carbonyl (C=O) groups excluding carboxylic acids is 1. The minimum absolute atomic E-state index is 0.0357. The van der Waals surface area contributed by atoms with Crippen LogP contribution in [0.25, 0.3) is 0 Å². The third kappa shape index (κ3) is 4.66. The number of nitrogens with two attached hydrogens (primary N) is 1. The largest absolute Gasteiger partial charge is 0.345 e. The molecule has 3 nitrogen and oxygen atoms in total. The zero-order valence-corrected chi connectivity index (χ0v) is 11.5. The van der Waals surface area contributed by atoms with Gasteiger partial charge in [0, 0.05) is 20.1 Å². The van der Waals surface area contributed by atoms with Gasteiger partial charge in [-0.25, -0.2) is 0 Å². The van der Waals surface area contributed by atoms with Crippen molar-refractivity contribution in [2.24, 2.45) is 17.6 Å². The van der Waals surface area contributed by atoms with Crippen LogP contribution in [0.4, 0.5) is 0 Å². The monoisotopic (exact) mass is 240 g/mol. The summed E-state index contributed by atoms with van der Waals surface area (Å²) in [6.45, 7) is 3.53. The van der Waals surface area contributed by atoms with E-state index < -0.39 is 0 Å². The van der Waals surface area contributed by atoms with Crippen molar-refractivity contribution in [3.63, 3.8) is 0 Å². The third-order valence-corrected chi connectivity index (χ3v) is 3.90. The number of carbonyl (C=O) groups is 1. The van der Waals surface area contributed by atoms with Crippen molar-refractivity contribution in [2.75, 3.05) is 20.1 Å². The molecule has 1 unspecified atom stereocenters. The zero-order valence-electron chi connectivity index (χ0n) is 11.5. The van der Waals surface area contributed by atoms with Crippen LogP contribution < -0.4 is 5.73 Å². The van der Waals surface area contributed by atoms with Crippen molar-refractivity contribution in [1.29, 1.82) is 0 Å². The van der Waals surface area contributed by atoms with Crippen molar-refractivity contribution in [3.8, 4) is 0 Å². The van der Waals surface area contributed by atoms with E-state index in [1.54, 1.807) is 0 Å². The van der Waals surface area contributed by atoms with Gasteiger partial charge in [-0.05, 0) is 25.2 Å². The molecule has 17 heavy (non-hydrogen) atoms. The van der Waals surface area contributed by atoms with Gasteiger partial charge in [-0.1, -0.05) is 32.6 Å². The Kier molecular flexibility index (Phi) is 6.56. The summed E-state index contributed by atoms with van der Waals surface area (Å²) >= 11 is 0. The molecule has 0 saturated heterocycles. The van der Waals surface area contributed by atoms with E-state index in [0.29, 0.717) is 6.54 Å². The SMILES string of the molecule is CCCC(CN)C(=O)N(C)CC1CCCCC1. The summed E-state index contributed by atoms with van der Waals surface area (Å²) in [6.07, 6.45) is 8.58. The fourth-order valence-electron chi connectivity index (χ4n) is 2.85. The summed E-state index contributed by atoms with van der Waals surface area (Å²) in [4.78, 5) is 14.1. The smallest absolute Gasteiger partial charge is 0.226 e. The molecule has 1 fully saturated rings. The summed E-state index contributed by atoms with van der Waals surface area (Å²) in [5.74, 6) is 1.01. The molecule has 0 heterocycles. The van der Waals surface area contributed by atoms with Crippen molar-refractivity contribution in [1.82, 2.24) is 4.90 Å². The summed E-state index contributed by atoms with van der Waals surface area (Å²) in [7, 11) is 1.94. The average molecular weight is 240 g/mol. The van der Waals surface area contributed by atoms with Crippen molar-refractivity contribution in [2.45, 2.75) is 51.9 Å². The van der Waals surface area contributed by atoms with E-state index in [0.717, 1.165) is 25.3 Å². The lowest BCUT2D eigenvalue weighted by Gasteiger charge is -2.29. The van der Waals surface area contributed by atoms with Crippen LogP contribution in [0, 0.1) is 11.8 Å². The van der Waals surface area contributed by atoms with Gasteiger partial charge < -0.3 is 10.6 Å². The van der Waals surface area contributed by atoms with Crippen LogP contribution in [0.5, 0.6) is 0 Å². The quantitative estimate of drug-likeness (QED) is 0.775. The number of nitrogens with zero attached hydrogens (tertiary/aromatic N) is 1. The van der Waals surface area contributed by atoms with Gasteiger partial charge in [-0.3, -0.25) is 4.79 Å². The topological polar surface area (TPSA) is 46.3 Å². The van der Waals surface area contributed by atoms with Gasteiger partial charge in [0.05, 0.1) is 5.92 Å². The van der Waals surface area contributed by atoms with Crippen molar-refractivity contribution >= 4 is 5.91 Å². The highest BCUT2D eigenvalue weighted by Gasteiger charge is 2.23. The Bertz CT molecular complexity index is 224. The van der Waals surface area contributed by atoms with Crippen LogP contribution in [0.3, 0.4) is 0 Å². The van der Waals surface area contributed by atoms with Crippen LogP contribution in [-0.4, -0.2) is 30.9 Å². The lowest BCUT2D eigenvalue weighted by atomic mass is 9.88. The predicted octanol–water partition coefficient (Wildman–Crippen LogP) is 2.40. The van der Waals surface area contributed by atoms with E-state index in [2.05, 4.69) is 6.92 Å². The molecule has 0 aromatic carbocycles. The average Bonchev–Trinajstić information content (AvgIpc) is 2.36. The minimum atomic E-state index is 0.0357. The van der Waals surface area contributed by atoms with Crippen molar-refractivity contribution < 1.29 is 4.79 Å². The highest BCUT2D eigenvalue weighted by molar-refractivity contribution is 5.78. The Morgan fingerprint density at radius 1 is 1.35 bits per heavy atom. The van der Waals surface area contributed by atoms with Gasteiger partial charge in [-0.15, -0.1) is 0 Å². The molecule has 0 spiro atoms. The van der Waals surface area contributed by atoms with Gasteiger partial charge in [0.15, 0.2) is 0 Å². The van der Waals surface area contributed by atoms with Gasteiger partial charge in [0.25, 0.3) is 0 Å². The van der Waals surface area contributed by atoms with Gasteiger partial charge in [0.2, 0.25) is 5.91 Å². The molecule has 1 aliphatic rings. The lowest BCUT2D eigenvalue weighted by Crippen LogP contribution is -2.39. The normalized spacial score (nSPS) is 19.0. The molecule has 1 saturated carbocycles. The molecular weight excluding hydrogens is 212 g/mol. The van der Waals surface area contributed by atoms with Crippen LogP contribution in [0.15, 0.2) is 0 Å². The number of hydrogen-bond donors (Lipinski definition) is 1. The molecule has 1 amide bonds.